The molecule has 0 aromatic carbocycles. The van der Waals surface area contributed by atoms with Crippen LogP contribution in [0.15, 0.2) is 4.52 Å². The van der Waals surface area contributed by atoms with Crippen LogP contribution in [0.1, 0.15) is 23.4 Å². The topological polar surface area (TPSA) is 94.0 Å². The first-order chi connectivity index (χ1) is 6.67. The first-order valence-electron chi connectivity index (χ1n) is 4.42. The van der Waals surface area contributed by atoms with Gasteiger partial charge in [-0.1, -0.05) is 12.1 Å². The molecule has 6 nitrogen and oxygen atoms in total. The Hall–Kier alpha value is -1.43. The van der Waals surface area contributed by atoms with Gasteiger partial charge in [-0.2, -0.15) is 4.98 Å². The van der Waals surface area contributed by atoms with Gasteiger partial charge in [0.05, 0.1) is 0 Å². The van der Waals surface area contributed by atoms with E-state index in [0.717, 1.165) is 0 Å². The minimum absolute atomic E-state index is 0.0618. The lowest BCUT2D eigenvalue weighted by molar-refractivity contribution is 0.0950. The highest BCUT2D eigenvalue weighted by Gasteiger charge is 2.14. The van der Waals surface area contributed by atoms with Crippen molar-refractivity contribution in [3.63, 3.8) is 0 Å². The zero-order valence-electron chi connectivity index (χ0n) is 8.28. The quantitative estimate of drug-likeness (QED) is 0.684. The Bertz CT molecular complexity index is 310. The number of amides is 1. The normalized spacial score (nSPS) is 12.5. The molecule has 0 fully saturated rings. The van der Waals surface area contributed by atoms with Crippen molar-refractivity contribution in [3.8, 4) is 0 Å². The van der Waals surface area contributed by atoms with Crippen molar-refractivity contribution in [3.05, 3.63) is 11.7 Å². The Morgan fingerprint density at radius 3 is 3.00 bits per heavy atom. The zero-order valence-corrected chi connectivity index (χ0v) is 8.28. The van der Waals surface area contributed by atoms with Crippen LogP contribution in [0.25, 0.3) is 0 Å². The molecule has 1 atom stereocenters. The largest absolute Gasteiger partial charge is 0.352 e. The molecule has 0 aliphatic rings. The maximum atomic E-state index is 11.1. The fraction of sp³-hybridized carbons (Fsp3) is 0.625. The van der Waals surface area contributed by atoms with Gasteiger partial charge in [0.2, 0.25) is 5.89 Å². The van der Waals surface area contributed by atoms with Gasteiger partial charge in [0.25, 0.3) is 11.7 Å². The van der Waals surface area contributed by atoms with E-state index in [1.54, 1.807) is 0 Å². The van der Waals surface area contributed by atoms with Crippen LogP contribution in [0, 0.1) is 5.92 Å². The molecular weight excluding hydrogens is 184 g/mol. The van der Waals surface area contributed by atoms with Gasteiger partial charge in [0, 0.05) is 13.5 Å². The molecular formula is C8H14N4O2. The molecule has 14 heavy (non-hydrogen) atoms. The second-order valence-corrected chi connectivity index (χ2v) is 3.14. The molecule has 0 radical (unpaired) electrons. The summed E-state index contributed by atoms with van der Waals surface area (Å²) in [5, 5.41) is 5.95. The van der Waals surface area contributed by atoms with Crippen LogP contribution in [-0.2, 0) is 6.42 Å². The molecule has 6 heteroatoms. The van der Waals surface area contributed by atoms with Crippen LogP contribution in [0.3, 0.4) is 0 Å². The average molecular weight is 198 g/mol. The zero-order chi connectivity index (χ0) is 10.6. The number of carbonyl (C=O) groups excluding carboxylic acids is 1. The minimum Gasteiger partial charge on any atom is -0.352 e. The monoisotopic (exact) mass is 198 g/mol. The van der Waals surface area contributed by atoms with Gasteiger partial charge >= 0.3 is 0 Å². The van der Waals surface area contributed by atoms with Crippen molar-refractivity contribution in [2.45, 2.75) is 13.3 Å². The van der Waals surface area contributed by atoms with Crippen molar-refractivity contribution in [1.82, 2.24) is 15.5 Å². The number of nitrogens with two attached hydrogens (primary N) is 1. The van der Waals surface area contributed by atoms with Crippen LogP contribution in [-0.4, -0.2) is 29.6 Å². The highest BCUT2D eigenvalue weighted by atomic mass is 16.5. The van der Waals surface area contributed by atoms with Crippen molar-refractivity contribution in [2.75, 3.05) is 13.6 Å². The third-order valence-electron chi connectivity index (χ3n) is 1.82. The Kier molecular flexibility index (Phi) is 3.58. The van der Waals surface area contributed by atoms with Crippen molar-refractivity contribution in [2.24, 2.45) is 11.7 Å². The third-order valence-corrected chi connectivity index (χ3v) is 1.82. The molecule has 0 aliphatic heterocycles. The number of hydrogen-bond donors (Lipinski definition) is 2. The van der Waals surface area contributed by atoms with E-state index >= 15 is 0 Å². The third kappa shape index (κ3) is 2.53. The highest BCUT2D eigenvalue weighted by Crippen LogP contribution is 2.04. The van der Waals surface area contributed by atoms with E-state index in [4.69, 9.17) is 10.3 Å². The second kappa shape index (κ2) is 4.71. The van der Waals surface area contributed by atoms with Crippen LogP contribution in [0.4, 0.5) is 0 Å². The van der Waals surface area contributed by atoms with Gasteiger partial charge in [-0.05, 0) is 12.5 Å². The lowest BCUT2D eigenvalue weighted by Gasteiger charge is -2.01. The van der Waals surface area contributed by atoms with Crippen molar-refractivity contribution >= 4 is 5.91 Å². The fourth-order valence-electron chi connectivity index (χ4n) is 0.923. The van der Waals surface area contributed by atoms with Crippen LogP contribution >= 0.6 is 0 Å². The molecule has 0 spiro atoms. The Balaban J connectivity index is 2.63. The molecule has 1 amide bonds. The SMILES string of the molecule is CNC(=O)c1noc(CC(C)CN)n1. The van der Waals surface area contributed by atoms with E-state index in [-0.39, 0.29) is 17.6 Å². The van der Waals surface area contributed by atoms with Gasteiger partial charge in [0.15, 0.2) is 0 Å². The molecule has 3 N–H and O–H groups in total. The van der Waals surface area contributed by atoms with E-state index in [0.29, 0.717) is 18.9 Å². The predicted octanol–water partition coefficient (Wildman–Crippen LogP) is -0.433. The Labute approximate surface area is 81.9 Å². The number of carbonyl (C=O) groups is 1. The Morgan fingerprint density at radius 1 is 1.71 bits per heavy atom. The molecule has 78 valence electrons. The number of nitrogens with one attached hydrogen (secondary N) is 1. The maximum absolute atomic E-state index is 11.1. The lowest BCUT2D eigenvalue weighted by Crippen LogP contribution is -2.19. The van der Waals surface area contributed by atoms with E-state index in [9.17, 15) is 4.79 Å². The average Bonchev–Trinajstić information content (AvgIpc) is 2.65. The van der Waals surface area contributed by atoms with Gasteiger partial charge in [-0.25, -0.2) is 0 Å². The van der Waals surface area contributed by atoms with Crippen LogP contribution in [0.2, 0.25) is 0 Å². The summed E-state index contributed by atoms with van der Waals surface area (Å²) >= 11 is 0. The van der Waals surface area contributed by atoms with Crippen LogP contribution in [0.5, 0.6) is 0 Å². The first-order valence-corrected chi connectivity index (χ1v) is 4.42. The van der Waals surface area contributed by atoms with Gasteiger partial charge in [0.1, 0.15) is 0 Å². The van der Waals surface area contributed by atoms with Gasteiger partial charge in [-0.3, -0.25) is 4.79 Å². The lowest BCUT2D eigenvalue weighted by atomic mass is 10.1. The minimum atomic E-state index is -0.347. The van der Waals surface area contributed by atoms with E-state index in [2.05, 4.69) is 15.5 Å². The van der Waals surface area contributed by atoms with Gasteiger partial charge < -0.3 is 15.6 Å². The number of hydrogen-bond acceptors (Lipinski definition) is 5. The highest BCUT2D eigenvalue weighted by molar-refractivity contribution is 5.89. The van der Waals surface area contributed by atoms with E-state index < -0.39 is 0 Å². The number of rotatable bonds is 4. The standard InChI is InChI=1S/C8H14N4O2/c1-5(4-9)3-6-11-7(12-14-6)8(13)10-2/h5H,3-4,9H2,1-2H3,(H,10,13). The first kappa shape index (κ1) is 10.6. The summed E-state index contributed by atoms with van der Waals surface area (Å²) in [6.45, 7) is 2.53. The summed E-state index contributed by atoms with van der Waals surface area (Å²) in [5.41, 5.74) is 5.44. The summed E-state index contributed by atoms with van der Waals surface area (Å²) in [6.07, 6.45) is 0.598. The summed E-state index contributed by atoms with van der Waals surface area (Å²) in [7, 11) is 1.51. The molecule has 1 unspecified atom stereocenters. The molecule has 1 heterocycles. The second-order valence-electron chi connectivity index (χ2n) is 3.14. The fourth-order valence-corrected chi connectivity index (χ4v) is 0.923. The maximum Gasteiger partial charge on any atom is 0.292 e. The van der Waals surface area contributed by atoms with Crippen LogP contribution < -0.4 is 11.1 Å². The summed E-state index contributed by atoms with van der Waals surface area (Å²) in [4.78, 5) is 15.0. The summed E-state index contributed by atoms with van der Waals surface area (Å²) < 4.78 is 4.88. The molecule has 0 aliphatic carbocycles. The molecule has 1 aromatic heterocycles. The predicted molar refractivity (Wildman–Crippen MR) is 49.6 cm³/mol. The Morgan fingerprint density at radius 2 is 2.43 bits per heavy atom. The summed E-state index contributed by atoms with van der Waals surface area (Å²) in [6, 6.07) is 0. The van der Waals surface area contributed by atoms with E-state index in [1.807, 2.05) is 6.92 Å². The molecule has 1 aromatic rings. The van der Waals surface area contributed by atoms with Crippen molar-refractivity contribution < 1.29 is 9.32 Å². The molecule has 0 saturated heterocycles. The molecule has 0 bridgehead atoms. The molecule has 0 saturated carbocycles. The smallest absolute Gasteiger partial charge is 0.292 e. The number of aromatic nitrogens is 2. The summed E-state index contributed by atoms with van der Waals surface area (Å²) in [5.74, 6) is 0.432. The van der Waals surface area contributed by atoms with Gasteiger partial charge in [-0.15, -0.1) is 0 Å². The molecule has 1 rings (SSSR count). The van der Waals surface area contributed by atoms with E-state index in [1.165, 1.54) is 7.05 Å². The van der Waals surface area contributed by atoms with Crippen molar-refractivity contribution in [1.29, 1.82) is 0 Å². The number of nitrogens with zero attached hydrogens (tertiary/aromatic N) is 2.